The van der Waals surface area contributed by atoms with Gasteiger partial charge in [-0.2, -0.15) is 5.10 Å². The minimum absolute atomic E-state index is 0.0274. The van der Waals surface area contributed by atoms with E-state index in [4.69, 9.17) is 4.42 Å². The van der Waals surface area contributed by atoms with Gasteiger partial charge in [-0.15, -0.1) is 0 Å². The maximum absolute atomic E-state index is 12.7. The molecule has 1 atom stereocenters. The Kier molecular flexibility index (Phi) is 6.04. The molecule has 2 heterocycles. The number of hydrogen-bond donors (Lipinski definition) is 3. The first-order valence-corrected chi connectivity index (χ1v) is 9.73. The molecule has 0 saturated heterocycles. The lowest BCUT2D eigenvalue weighted by Gasteiger charge is -2.12. The van der Waals surface area contributed by atoms with Gasteiger partial charge in [-0.25, -0.2) is 10.4 Å². The monoisotopic (exact) mass is 447 g/mol. The number of nitrogens with zero attached hydrogens (tertiary/aromatic N) is 3. The Balaban J connectivity index is 1.72. The summed E-state index contributed by atoms with van der Waals surface area (Å²) in [5, 5.41) is 25.8. The number of hydrogen-bond acceptors (Lipinski definition) is 8. The van der Waals surface area contributed by atoms with Gasteiger partial charge in [-0.3, -0.25) is 19.7 Å². The third-order valence-electron chi connectivity index (χ3n) is 4.71. The van der Waals surface area contributed by atoms with Crippen LogP contribution in [0.2, 0.25) is 0 Å². The summed E-state index contributed by atoms with van der Waals surface area (Å²) in [6.07, 6.45) is -0.151. The average Bonchev–Trinajstić information content (AvgIpc) is 3.34. The number of carbonyl (C=O) groups excluding carboxylic acids is 1. The van der Waals surface area contributed by atoms with Crippen LogP contribution in [0.25, 0.3) is 11.0 Å². The number of aromatic amines is 1. The van der Waals surface area contributed by atoms with E-state index in [1.807, 2.05) is 6.07 Å². The van der Waals surface area contributed by atoms with Crippen molar-refractivity contribution in [2.75, 3.05) is 0 Å². The summed E-state index contributed by atoms with van der Waals surface area (Å²) < 4.78 is 5.21. The van der Waals surface area contributed by atoms with Crippen molar-refractivity contribution in [3.05, 3.63) is 104 Å². The second-order valence-electron chi connectivity index (χ2n) is 6.99. The molecule has 0 aliphatic carbocycles. The number of aliphatic hydroxyl groups is 1. The first-order valence-electron chi connectivity index (χ1n) is 9.73. The number of nitro groups is 1. The highest BCUT2D eigenvalue weighted by molar-refractivity contribution is 6.03. The second-order valence-corrected chi connectivity index (χ2v) is 6.99. The number of hydrazone groups is 1. The van der Waals surface area contributed by atoms with Crippen molar-refractivity contribution in [3.8, 4) is 0 Å². The molecule has 4 aromatic rings. The number of rotatable bonds is 7. The number of H-pyrrole nitrogens is 1. The van der Waals surface area contributed by atoms with E-state index in [0.717, 1.165) is 5.56 Å². The van der Waals surface area contributed by atoms with Crippen LogP contribution in [-0.4, -0.2) is 31.6 Å². The van der Waals surface area contributed by atoms with Crippen LogP contribution >= 0.6 is 0 Å². The Morgan fingerprint density at radius 2 is 2.00 bits per heavy atom. The first kappa shape index (κ1) is 21.6. The summed E-state index contributed by atoms with van der Waals surface area (Å²) in [5.41, 5.74) is 1.94. The molecule has 1 unspecified atom stereocenters. The van der Waals surface area contributed by atoms with Gasteiger partial charge in [-0.1, -0.05) is 30.3 Å². The molecule has 2 aromatic heterocycles. The summed E-state index contributed by atoms with van der Waals surface area (Å²) in [7, 11) is 0. The Bertz CT molecular complexity index is 1400. The lowest BCUT2D eigenvalue weighted by atomic mass is 10.1. The summed E-state index contributed by atoms with van der Waals surface area (Å²) in [4.78, 5) is 42.2. The predicted octanol–water partition coefficient (Wildman–Crippen LogP) is 2.22. The van der Waals surface area contributed by atoms with E-state index >= 15 is 0 Å². The number of aliphatic hydroxyl groups excluding tert-OH is 1. The van der Waals surface area contributed by atoms with Gasteiger partial charge in [0.1, 0.15) is 11.5 Å². The van der Waals surface area contributed by atoms with Gasteiger partial charge < -0.3 is 14.5 Å². The fourth-order valence-electron chi connectivity index (χ4n) is 3.13. The predicted molar refractivity (Wildman–Crippen MR) is 118 cm³/mol. The van der Waals surface area contributed by atoms with Crippen molar-refractivity contribution in [1.29, 1.82) is 0 Å². The van der Waals surface area contributed by atoms with E-state index in [-0.39, 0.29) is 40.3 Å². The van der Waals surface area contributed by atoms with E-state index in [2.05, 4.69) is 20.5 Å². The van der Waals surface area contributed by atoms with Crippen molar-refractivity contribution in [3.63, 3.8) is 0 Å². The fraction of sp³-hybridized carbons (Fsp3) is 0.0909. The molecule has 3 N–H and O–H groups in total. The van der Waals surface area contributed by atoms with Gasteiger partial charge in [0.05, 0.1) is 28.6 Å². The number of amides is 1. The molecule has 0 radical (unpaired) electrons. The van der Waals surface area contributed by atoms with E-state index in [9.17, 15) is 24.8 Å². The Morgan fingerprint density at radius 1 is 1.21 bits per heavy atom. The normalized spacial score (nSPS) is 12.5. The number of aromatic nitrogens is 2. The Hall–Kier alpha value is -4.64. The van der Waals surface area contributed by atoms with Crippen LogP contribution in [0.15, 0.2) is 81.2 Å². The van der Waals surface area contributed by atoms with Gasteiger partial charge in [0.15, 0.2) is 11.8 Å². The van der Waals surface area contributed by atoms with Gasteiger partial charge in [0.2, 0.25) is 5.91 Å². The molecule has 4 rings (SSSR count). The zero-order valence-corrected chi connectivity index (χ0v) is 17.0. The molecule has 11 heteroatoms. The topological polar surface area (TPSA) is 164 Å². The molecule has 0 fully saturated rings. The molecule has 0 bridgehead atoms. The minimum Gasteiger partial charge on any atom is -0.466 e. The zero-order chi connectivity index (χ0) is 23.4. The largest absolute Gasteiger partial charge is 0.466 e. The third kappa shape index (κ3) is 4.83. The number of furan rings is 1. The van der Waals surface area contributed by atoms with Gasteiger partial charge in [-0.05, 0) is 23.8 Å². The average molecular weight is 447 g/mol. The summed E-state index contributed by atoms with van der Waals surface area (Å²) in [6, 6.07) is 15.7. The van der Waals surface area contributed by atoms with Crippen LogP contribution in [0.5, 0.6) is 0 Å². The summed E-state index contributed by atoms with van der Waals surface area (Å²) in [6.45, 7) is 0. The Morgan fingerprint density at radius 3 is 2.70 bits per heavy atom. The quantitative estimate of drug-likeness (QED) is 0.222. The van der Waals surface area contributed by atoms with Crippen molar-refractivity contribution in [2.45, 2.75) is 12.5 Å². The highest BCUT2D eigenvalue weighted by Gasteiger charge is 2.25. The maximum Gasteiger partial charge on any atom is 0.276 e. The number of fused-ring (bicyclic) bond motifs is 1. The Labute approximate surface area is 185 Å². The molecule has 0 saturated carbocycles. The van der Waals surface area contributed by atoms with Crippen LogP contribution < -0.4 is 11.0 Å². The molecular formula is C22H17N5O6. The molecule has 0 aliphatic rings. The standard InChI is InChI=1S/C22H17N5O6/c28-18(11-13-5-2-1-3-6-13)25-26-19(21(29)17-7-4-10-33-17)20-22(30)24-16-12-14(27(31)32)8-9-15(16)23-20/h1-10,12,21,29H,11H2,(H,24,30)(H,25,28)/b26-19-. The first-order chi connectivity index (χ1) is 15.9. The molecule has 0 aliphatic heterocycles. The van der Waals surface area contributed by atoms with E-state index in [1.165, 1.54) is 30.5 Å². The number of non-ortho nitro benzene ring substituents is 1. The lowest BCUT2D eigenvalue weighted by Crippen LogP contribution is -2.29. The third-order valence-corrected chi connectivity index (χ3v) is 4.71. The SMILES string of the molecule is O=C(Cc1ccccc1)N/N=C(/c1nc2ccc([N+](=O)[O-])cc2[nH]c1=O)C(O)c1ccco1. The van der Waals surface area contributed by atoms with Crippen molar-refractivity contribution < 1.29 is 19.2 Å². The molecular weight excluding hydrogens is 430 g/mol. The lowest BCUT2D eigenvalue weighted by molar-refractivity contribution is -0.384. The molecule has 33 heavy (non-hydrogen) atoms. The van der Waals surface area contributed by atoms with E-state index in [1.54, 1.807) is 30.3 Å². The number of nitrogens with one attached hydrogen (secondary N) is 2. The molecule has 1 amide bonds. The van der Waals surface area contributed by atoms with Crippen LogP contribution in [0.4, 0.5) is 5.69 Å². The van der Waals surface area contributed by atoms with Gasteiger partial charge in [0, 0.05) is 12.1 Å². The smallest absolute Gasteiger partial charge is 0.276 e. The highest BCUT2D eigenvalue weighted by Crippen LogP contribution is 2.20. The van der Waals surface area contributed by atoms with Crippen LogP contribution in [0.1, 0.15) is 23.1 Å². The molecule has 2 aromatic carbocycles. The summed E-state index contributed by atoms with van der Waals surface area (Å²) in [5.74, 6) is -0.394. The highest BCUT2D eigenvalue weighted by atomic mass is 16.6. The van der Waals surface area contributed by atoms with Crippen LogP contribution in [-0.2, 0) is 11.2 Å². The zero-order valence-electron chi connectivity index (χ0n) is 17.0. The number of carbonyl (C=O) groups is 1. The number of benzene rings is 2. The van der Waals surface area contributed by atoms with Crippen molar-refractivity contribution >= 4 is 28.3 Å². The number of nitro benzene ring substituents is 1. The van der Waals surface area contributed by atoms with Gasteiger partial charge in [0.25, 0.3) is 11.2 Å². The van der Waals surface area contributed by atoms with Gasteiger partial charge >= 0.3 is 0 Å². The van der Waals surface area contributed by atoms with Crippen LogP contribution in [0.3, 0.4) is 0 Å². The van der Waals surface area contributed by atoms with Crippen molar-refractivity contribution in [2.24, 2.45) is 5.10 Å². The molecule has 166 valence electrons. The maximum atomic E-state index is 12.7. The summed E-state index contributed by atoms with van der Waals surface area (Å²) >= 11 is 0. The van der Waals surface area contributed by atoms with Crippen LogP contribution in [0, 0.1) is 10.1 Å². The molecule has 0 spiro atoms. The van der Waals surface area contributed by atoms with E-state index in [0.29, 0.717) is 0 Å². The van der Waals surface area contributed by atoms with E-state index < -0.39 is 22.5 Å². The van der Waals surface area contributed by atoms with Crippen molar-refractivity contribution in [1.82, 2.24) is 15.4 Å². The fourth-order valence-corrected chi connectivity index (χ4v) is 3.13. The molecule has 11 nitrogen and oxygen atoms in total. The minimum atomic E-state index is -1.51. The second kappa shape index (κ2) is 9.24.